The number of nitrogens with zero attached hydrogens (tertiary/aromatic N) is 2. The zero-order valence-corrected chi connectivity index (χ0v) is 10.3. The lowest BCUT2D eigenvalue weighted by atomic mass is 10.0. The van der Waals surface area contributed by atoms with Crippen molar-refractivity contribution in [1.29, 1.82) is 0 Å². The van der Waals surface area contributed by atoms with Gasteiger partial charge < -0.3 is 0 Å². The number of benzene rings is 1. The summed E-state index contributed by atoms with van der Waals surface area (Å²) in [6.45, 7) is 6.21. The van der Waals surface area contributed by atoms with Gasteiger partial charge in [-0.05, 0) is 24.5 Å². The second-order valence-corrected chi connectivity index (χ2v) is 4.43. The highest BCUT2D eigenvalue weighted by atomic mass is 16.1. The number of carbonyl (C=O) groups is 1. The van der Waals surface area contributed by atoms with Crippen molar-refractivity contribution in [2.24, 2.45) is 0 Å². The normalized spacial score (nSPS) is 10.8. The third-order valence-corrected chi connectivity index (χ3v) is 2.96. The third kappa shape index (κ3) is 2.00. The van der Waals surface area contributed by atoms with Crippen LogP contribution in [-0.4, -0.2) is 16.1 Å². The van der Waals surface area contributed by atoms with Crippen molar-refractivity contribution >= 4 is 6.29 Å². The molecule has 3 heteroatoms. The lowest BCUT2D eigenvalue weighted by molar-refractivity contribution is 0.112. The molecule has 2 aromatic rings. The van der Waals surface area contributed by atoms with Gasteiger partial charge in [-0.25, -0.2) is 4.68 Å². The first-order valence-corrected chi connectivity index (χ1v) is 5.74. The van der Waals surface area contributed by atoms with Gasteiger partial charge in [0.1, 0.15) is 0 Å². The molecule has 0 N–H and O–H groups in total. The fraction of sp³-hybridized carbons (Fsp3) is 0.286. The molecule has 17 heavy (non-hydrogen) atoms. The Labute approximate surface area is 101 Å². The van der Waals surface area contributed by atoms with Gasteiger partial charge in [-0.3, -0.25) is 4.79 Å². The van der Waals surface area contributed by atoms with Crippen LogP contribution in [0.25, 0.3) is 5.69 Å². The minimum absolute atomic E-state index is 0.425. The molecule has 3 nitrogen and oxygen atoms in total. The molecular weight excluding hydrogens is 212 g/mol. The van der Waals surface area contributed by atoms with Gasteiger partial charge in [-0.2, -0.15) is 5.10 Å². The van der Waals surface area contributed by atoms with Crippen molar-refractivity contribution < 1.29 is 4.79 Å². The molecule has 1 heterocycles. The molecular formula is C14H16N2O. The Morgan fingerprint density at radius 1 is 1.29 bits per heavy atom. The van der Waals surface area contributed by atoms with Gasteiger partial charge in [0.05, 0.1) is 23.1 Å². The molecule has 0 atom stereocenters. The molecule has 0 unspecified atom stereocenters. The molecule has 1 aromatic heterocycles. The molecule has 88 valence electrons. The van der Waals surface area contributed by atoms with Gasteiger partial charge in [-0.15, -0.1) is 0 Å². The van der Waals surface area contributed by atoms with E-state index in [1.165, 1.54) is 5.56 Å². The van der Waals surface area contributed by atoms with Gasteiger partial charge >= 0.3 is 0 Å². The molecule has 0 aliphatic carbocycles. The Morgan fingerprint density at radius 2 is 2.00 bits per heavy atom. The number of rotatable bonds is 3. The van der Waals surface area contributed by atoms with Gasteiger partial charge in [-0.1, -0.05) is 32.0 Å². The Bertz CT molecular complexity index is 541. The SMILES string of the molecule is Cc1c(C=O)cnn1-c1ccccc1C(C)C. The summed E-state index contributed by atoms with van der Waals surface area (Å²) in [6.07, 6.45) is 2.45. The molecule has 1 aromatic carbocycles. The zero-order chi connectivity index (χ0) is 12.4. The largest absolute Gasteiger partial charge is 0.298 e. The topological polar surface area (TPSA) is 34.9 Å². The summed E-state index contributed by atoms with van der Waals surface area (Å²) in [4.78, 5) is 10.8. The molecule has 0 bridgehead atoms. The highest BCUT2D eigenvalue weighted by Crippen LogP contribution is 2.23. The van der Waals surface area contributed by atoms with Crippen LogP contribution in [0.15, 0.2) is 30.5 Å². The second-order valence-electron chi connectivity index (χ2n) is 4.43. The monoisotopic (exact) mass is 228 g/mol. The average Bonchev–Trinajstić information content (AvgIpc) is 2.70. The van der Waals surface area contributed by atoms with Crippen LogP contribution in [0.1, 0.15) is 41.4 Å². The van der Waals surface area contributed by atoms with Crippen molar-refractivity contribution in [2.45, 2.75) is 26.7 Å². The van der Waals surface area contributed by atoms with E-state index in [1.807, 2.05) is 29.8 Å². The van der Waals surface area contributed by atoms with E-state index < -0.39 is 0 Å². The number of aldehydes is 1. The summed E-state index contributed by atoms with van der Waals surface area (Å²) in [7, 11) is 0. The number of hydrogen-bond acceptors (Lipinski definition) is 2. The smallest absolute Gasteiger partial charge is 0.153 e. The molecule has 0 aliphatic heterocycles. The summed E-state index contributed by atoms with van der Waals surface area (Å²) >= 11 is 0. The van der Waals surface area contributed by atoms with Crippen molar-refractivity contribution in [2.75, 3.05) is 0 Å². The van der Waals surface area contributed by atoms with Gasteiger partial charge in [0, 0.05) is 0 Å². The number of para-hydroxylation sites is 1. The van der Waals surface area contributed by atoms with E-state index in [0.29, 0.717) is 11.5 Å². The van der Waals surface area contributed by atoms with E-state index in [9.17, 15) is 4.79 Å². The minimum Gasteiger partial charge on any atom is -0.298 e. The highest BCUT2D eigenvalue weighted by molar-refractivity contribution is 5.76. The second kappa shape index (κ2) is 4.53. The minimum atomic E-state index is 0.425. The first-order valence-electron chi connectivity index (χ1n) is 5.74. The average molecular weight is 228 g/mol. The zero-order valence-electron chi connectivity index (χ0n) is 10.3. The first kappa shape index (κ1) is 11.6. The molecule has 0 radical (unpaired) electrons. The van der Waals surface area contributed by atoms with E-state index in [1.54, 1.807) is 6.20 Å². The summed E-state index contributed by atoms with van der Waals surface area (Å²) < 4.78 is 1.83. The lowest BCUT2D eigenvalue weighted by Crippen LogP contribution is -2.04. The van der Waals surface area contributed by atoms with Crippen molar-refractivity contribution in [3.8, 4) is 5.69 Å². The maximum atomic E-state index is 10.8. The fourth-order valence-electron chi connectivity index (χ4n) is 1.95. The Balaban J connectivity index is 2.60. The predicted octanol–water partition coefficient (Wildman–Crippen LogP) is 3.12. The maximum absolute atomic E-state index is 10.8. The number of hydrogen-bond donors (Lipinski definition) is 0. The molecule has 0 amide bonds. The van der Waals surface area contributed by atoms with Crippen LogP contribution in [0.3, 0.4) is 0 Å². The molecule has 0 saturated carbocycles. The Hall–Kier alpha value is -1.90. The molecule has 2 rings (SSSR count). The van der Waals surface area contributed by atoms with Crippen LogP contribution in [0, 0.1) is 6.92 Å². The van der Waals surface area contributed by atoms with Crippen LogP contribution >= 0.6 is 0 Å². The molecule has 0 fully saturated rings. The highest BCUT2D eigenvalue weighted by Gasteiger charge is 2.12. The van der Waals surface area contributed by atoms with Crippen LogP contribution in [0.5, 0.6) is 0 Å². The van der Waals surface area contributed by atoms with Crippen LogP contribution in [0.2, 0.25) is 0 Å². The van der Waals surface area contributed by atoms with Crippen LogP contribution in [-0.2, 0) is 0 Å². The quantitative estimate of drug-likeness (QED) is 0.756. The Kier molecular flexibility index (Phi) is 3.09. The standard InChI is InChI=1S/C14H16N2O/c1-10(2)13-6-4-5-7-14(13)16-11(3)12(9-17)8-15-16/h4-10H,1-3H3. The Morgan fingerprint density at radius 3 is 2.59 bits per heavy atom. The van der Waals surface area contributed by atoms with Crippen molar-refractivity contribution in [1.82, 2.24) is 9.78 Å². The van der Waals surface area contributed by atoms with E-state index >= 15 is 0 Å². The van der Waals surface area contributed by atoms with Crippen LogP contribution < -0.4 is 0 Å². The maximum Gasteiger partial charge on any atom is 0.153 e. The number of aromatic nitrogens is 2. The van der Waals surface area contributed by atoms with Gasteiger partial charge in [0.25, 0.3) is 0 Å². The molecule has 0 saturated heterocycles. The van der Waals surface area contributed by atoms with Gasteiger partial charge in [0.15, 0.2) is 6.29 Å². The van der Waals surface area contributed by atoms with E-state index in [0.717, 1.165) is 17.7 Å². The first-order chi connectivity index (χ1) is 8.15. The van der Waals surface area contributed by atoms with Crippen molar-refractivity contribution in [3.05, 3.63) is 47.3 Å². The fourth-order valence-corrected chi connectivity index (χ4v) is 1.95. The van der Waals surface area contributed by atoms with E-state index in [-0.39, 0.29) is 0 Å². The lowest BCUT2D eigenvalue weighted by Gasteiger charge is -2.13. The number of carbonyl (C=O) groups excluding carboxylic acids is 1. The van der Waals surface area contributed by atoms with Gasteiger partial charge in [0.2, 0.25) is 0 Å². The summed E-state index contributed by atoms with van der Waals surface area (Å²) in [5.74, 6) is 0.425. The summed E-state index contributed by atoms with van der Waals surface area (Å²) in [5.41, 5.74) is 3.81. The van der Waals surface area contributed by atoms with E-state index in [2.05, 4.69) is 25.0 Å². The predicted molar refractivity (Wildman–Crippen MR) is 67.8 cm³/mol. The van der Waals surface area contributed by atoms with Crippen molar-refractivity contribution in [3.63, 3.8) is 0 Å². The van der Waals surface area contributed by atoms with Crippen LogP contribution in [0.4, 0.5) is 0 Å². The third-order valence-electron chi connectivity index (χ3n) is 2.96. The summed E-state index contributed by atoms with van der Waals surface area (Å²) in [5, 5.41) is 4.29. The molecule has 0 aliphatic rings. The molecule has 0 spiro atoms. The van der Waals surface area contributed by atoms with E-state index in [4.69, 9.17) is 0 Å². The summed E-state index contributed by atoms with van der Waals surface area (Å²) in [6, 6.07) is 8.15.